The predicted molar refractivity (Wildman–Crippen MR) is 105 cm³/mol. The van der Waals surface area contributed by atoms with Gasteiger partial charge in [-0.15, -0.1) is 0 Å². The van der Waals surface area contributed by atoms with Crippen molar-refractivity contribution >= 4 is 5.96 Å². The molecule has 2 atom stereocenters. The Kier molecular flexibility index (Phi) is 8.32. The van der Waals surface area contributed by atoms with Crippen LogP contribution < -0.4 is 5.32 Å². The summed E-state index contributed by atoms with van der Waals surface area (Å²) in [6, 6.07) is 6.33. The summed E-state index contributed by atoms with van der Waals surface area (Å²) < 4.78 is 13.8. The fourth-order valence-corrected chi connectivity index (χ4v) is 3.46. The molecule has 1 heterocycles. The van der Waals surface area contributed by atoms with Gasteiger partial charge in [-0.25, -0.2) is 4.39 Å². The number of nitrogens with zero attached hydrogens (tertiary/aromatic N) is 3. The van der Waals surface area contributed by atoms with Crippen molar-refractivity contribution in [3.05, 3.63) is 35.6 Å². The van der Waals surface area contributed by atoms with E-state index in [1.54, 1.807) is 18.2 Å². The van der Waals surface area contributed by atoms with Gasteiger partial charge < -0.3 is 20.2 Å². The molecule has 1 saturated heterocycles. The third-order valence-corrected chi connectivity index (χ3v) is 5.01. The number of aliphatic hydroxyl groups is 1. The largest absolute Gasteiger partial charge is 0.386 e. The number of aliphatic imine (C=N–C) groups is 1. The van der Waals surface area contributed by atoms with E-state index in [2.05, 4.69) is 34.0 Å². The van der Waals surface area contributed by atoms with E-state index in [1.165, 1.54) is 6.07 Å². The van der Waals surface area contributed by atoms with Crippen LogP contribution in [0.2, 0.25) is 0 Å². The SMILES string of the molecule is CCNC(=NCC(O)c1ccccc1F)N1CCC(CN(CC)CC)C1. The summed E-state index contributed by atoms with van der Waals surface area (Å²) in [6.07, 6.45) is 0.218. The highest BCUT2D eigenvalue weighted by molar-refractivity contribution is 5.80. The molecule has 1 aliphatic rings. The van der Waals surface area contributed by atoms with Gasteiger partial charge in [-0.05, 0) is 38.4 Å². The van der Waals surface area contributed by atoms with Crippen LogP contribution in [-0.4, -0.2) is 66.7 Å². The average molecular weight is 365 g/mol. The molecule has 26 heavy (non-hydrogen) atoms. The minimum atomic E-state index is -0.932. The maximum atomic E-state index is 13.8. The molecular formula is C20H33FN4O. The van der Waals surface area contributed by atoms with E-state index in [4.69, 9.17) is 0 Å². The topological polar surface area (TPSA) is 51.1 Å². The van der Waals surface area contributed by atoms with E-state index in [1.807, 2.05) is 6.92 Å². The molecule has 2 rings (SSSR count). The lowest BCUT2D eigenvalue weighted by atomic mass is 10.1. The van der Waals surface area contributed by atoms with E-state index in [0.717, 1.165) is 51.6 Å². The van der Waals surface area contributed by atoms with Crippen LogP contribution in [0, 0.1) is 11.7 Å². The normalized spacial score (nSPS) is 19.2. The van der Waals surface area contributed by atoms with Crippen LogP contribution in [0.4, 0.5) is 4.39 Å². The molecule has 2 N–H and O–H groups in total. The highest BCUT2D eigenvalue weighted by Gasteiger charge is 2.26. The molecule has 146 valence electrons. The Labute approximate surface area is 156 Å². The van der Waals surface area contributed by atoms with Crippen LogP contribution in [0.15, 0.2) is 29.3 Å². The van der Waals surface area contributed by atoms with Gasteiger partial charge in [0.25, 0.3) is 0 Å². The monoisotopic (exact) mass is 364 g/mol. The molecule has 0 bridgehead atoms. The second-order valence-electron chi connectivity index (χ2n) is 6.82. The minimum absolute atomic E-state index is 0.153. The smallest absolute Gasteiger partial charge is 0.194 e. The Hall–Kier alpha value is -1.66. The molecule has 1 aromatic rings. The van der Waals surface area contributed by atoms with Crippen LogP contribution in [0.1, 0.15) is 38.9 Å². The van der Waals surface area contributed by atoms with Crippen molar-refractivity contribution in [3.63, 3.8) is 0 Å². The number of rotatable bonds is 8. The molecule has 0 amide bonds. The number of guanidine groups is 1. The molecule has 0 aliphatic carbocycles. The van der Waals surface area contributed by atoms with Gasteiger partial charge in [0.2, 0.25) is 0 Å². The first-order chi connectivity index (χ1) is 12.6. The van der Waals surface area contributed by atoms with Gasteiger partial charge >= 0.3 is 0 Å². The summed E-state index contributed by atoms with van der Waals surface area (Å²) in [5.41, 5.74) is 0.299. The first-order valence-electron chi connectivity index (χ1n) is 9.77. The molecular weight excluding hydrogens is 331 g/mol. The van der Waals surface area contributed by atoms with Gasteiger partial charge in [0, 0.05) is 31.7 Å². The Morgan fingerprint density at radius 2 is 2.08 bits per heavy atom. The number of benzene rings is 1. The van der Waals surface area contributed by atoms with Crippen LogP contribution in [0.5, 0.6) is 0 Å². The molecule has 1 aromatic carbocycles. The Balaban J connectivity index is 1.97. The van der Waals surface area contributed by atoms with E-state index >= 15 is 0 Å². The number of hydrogen-bond donors (Lipinski definition) is 2. The van der Waals surface area contributed by atoms with Crippen molar-refractivity contribution < 1.29 is 9.50 Å². The van der Waals surface area contributed by atoms with Crippen molar-refractivity contribution in [1.29, 1.82) is 0 Å². The quantitative estimate of drug-likeness (QED) is 0.550. The molecule has 6 heteroatoms. The second-order valence-corrected chi connectivity index (χ2v) is 6.82. The maximum Gasteiger partial charge on any atom is 0.194 e. The van der Waals surface area contributed by atoms with Crippen LogP contribution in [-0.2, 0) is 0 Å². The van der Waals surface area contributed by atoms with Crippen LogP contribution in [0.25, 0.3) is 0 Å². The van der Waals surface area contributed by atoms with Gasteiger partial charge in [-0.1, -0.05) is 32.0 Å². The zero-order valence-electron chi connectivity index (χ0n) is 16.3. The summed E-state index contributed by atoms with van der Waals surface area (Å²) in [7, 11) is 0. The lowest BCUT2D eigenvalue weighted by Gasteiger charge is -2.24. The maximum absolute atomic E-state index is 13.8. The molecule has 1 aliphatic heterocycles. The molecule has 2 unspecified atom stereocenters. The van der Waals surface area contributed by atoms with Crippen molar-refractivity contribution in [1.82, 2.24) is 15.1 Å². The molecule has 5 nitrogen and oxygen atoms in total. The lowest BCUT2D eigenvalue weighted by Crippen LogP contribution is -2.41. The number of hydrogen-bond acceptors (Lipinski definition) is 3. The van der Waals surface area contributed by atoms with E-state index < -0.39 is 6.10 Å². The van der Waals surface area contributed by atoms with Crippen molar-refractivity contribution in [2.24, 2.45) is 10.9 Å². The highest BCUT2D eigenvalue weighted by atomic mass is 19.1. The second kappa shape index (κ2) is 10.5. The molecule has 0 spiro atoms. The Morgan fingerprint density at radius 1 is 1.35 bits per heavy atom. The van der Waals surface area contributed by atoms with Crippen molar-refractivity contribution in [2.75, 3.05) is 45.8 Å². The lowest BCUT2D eigenvalue weighted by molar-refractivity contribution is 0.181. The zero-order chi connectivity index (χ0) is 18.9. The summed E-state index contributed by atoms with van der Waals surface area (Å²) in [5, 5.41) is 13.6. The Morgan fingerprint density at radius 3 is 2.73 bits per heavy atom. The van der Waals surface area contributed by atoms with Gasteiger partial charge in [0.15, 0.2) is 5.96 Å². The number of likely N-dealkylation sites (tertiary alicyclic amines) is 1. The minimum Gasteiger partial charge on any atom is -0.386 e. The van der Waals surface area contributed by atoms with Crippen molar-refractivity contribution in [3.8, 4) is 0 Å². The fraction of sp³-hybridized carbons (Fsp3) is 0.650. The summed E-state index contributed by atoms with van der Waals surface area (Å²) in [6.45, 7) is 12.6. The molecule has 0 radical (unpaired) electrons. The van der Waals surface area contributed by atoms with Gasteiger partial charge in [0.05, 0.1) is 6.54 Å². The summed E-state index contributed by atoms with van der Waals surface area (Å²) in [4.78, 5) is 9.28. The van der Waals surface area contributed by atoms with E-state index in [0.29, 0.717) is 11.5 Å². The average Bonchev–Trinajstić information content (AvgIpc) is 3.11. The number of nitrogens with one attached hydrogen (secondary N) is 1. The van der Waals surface area contributed by atoms with Gasteiger partial charge in [-0.2, -0.15) is 0 Å². The van der Waals surface area contributed by atoms with E-state index in [9.17, 15) is 9.50 Å². The first-order valence-corrected chi connectivity index (χ1v) is 9.77. The summed E-state index contributed by atoms with van der Waals surface area (Å²) in [5.74, 6) is 1.06. The van der Waals surface area contributed by atoms with Crippen LogP contribution in [0.3, 0.4) is 0 Å². The third kappa shape index (κ3) is 5.68. The van der Waals surface area contributed by atoms with Crippen molar-refractivity contribution in [2.45, 2.75) is 33.3 Å². The molecule has 0 saturated carbocycles. The standard InChI is InChI=1S/C20H33FN4O/c1-4-22-20(23-13-19(26)17-9-7-8-10-18(17)21)25-12-11-16(15-25)14-24(5-2)6-3/h7-10,16,19,26H,4-6,11-15H2,1-3H3,(H,22,23). The number of aliphatic hydroxyl groups excluding tert-OH is 1. The van der Waals surface area contributed by atoms with Gasteiger partial charge in [0.1, 0.15) is 11.9 Å². The predicted octanol–water partition coefficient (Wildman–Crippen LogP) is 2.49. The van der Waals surface area contributed by atoms with E-state index in [-0.39, 0.29) is 12.4 Å². The fourth-order valence-electron chi connectivity index (χ4n) is 3.46. The highest BCUT2D eigenvalue weighted by Crippen LogP contribution is 2.19. The summed E-state index contributed by atoms with van der Waals surface area (Å²) >= 11 is 0. The van der Waals surface area contributed by atoms with Crippen LogP contribution >= 0.6 is 0 Å². The zero-order valence-corrected chi connectivity index (χ0v) is 16.3. The third-order valence-electron chi connectivity index (χ3n) is 5.01. The molecule has 0 aromatic heterocycles. The molecule has 1 fully saturated rings. The van der Waals surface area contributed by atoms with Gasteiger partial charge in [-0.3, -0.25) is 4.99 Å². The number of halogens is 1. The Bertz CT molecular complexity index is 577. The first kappa shape index (κ1) is 20.6.